The van der Waals surface area contributed by atoms with Gasteiger partial charge in [0.05, 0.1) is 0 Å². The fourth-order valence-electron chi connectivity index (χ4n) is 11.9. The lowest BCUT2D eigenvalue weighted by Crippen LogP contribution is -2.64. The first-order valence-electron chi connectivity index (χ1n) is 15.8. The highest BCUT2D eigenvalue weighted by atomic mass is 19.2. The molecule has 0 aromatic heterocycles. The fraction of sp³-hybridized carbons (Fsp3) is 0.556. The second kappa shape index (κ2) is 9.70. The zero-order chi connectivity index (χ0) is 32.6. The molecule has 8 aliphatic rings. The Balaban J connectivity index is 1.18. The van der Waals surface area contributed by atoms with Gasteiger partial charge in [-0.25, -0.2) is 43.9 Å². The summed E-state index contributed by atoms with van der Waals surface area (Å²) >= 11 is 0. The molecule has 4 atom stereocenters. The molecule has 0 spiro atoms. The molecule has 8 fully saturated rings. The maximum Gasteiger partial charge on any atom is 0.200 e. The van der Waals surface area contributed by atoms with E-state index in [9.17, 15) is 43.9 Å². The molecule has 8 aliphatic carbocycles. The van der Waals surface area contributed by atoms with Gasteiger partial charge in [-0.2, -0.15) is 0 Å². The van der Waals surface area contributed by atoms with Crippen molar-refractivity contribution in [3.05, 3.63) is 69.3 Å². The number of hydrogen-bond acceptors (Lipinski definition) is 0. The summed E-state index contributed by atoms with van der Waals surface area (Å²) in [4.78, 5) is 0. The van der Waals surface area contributed by atoms with Crippen LogP contribution in [0.4, 0.5) is 43.9 Å². The first-order valence-corrected chi connectivity index (χ1v) is 15.8. The molecule has 4 unspecified atom stereocenters. The Bertz CT molecular complexity index is 1620. The molecule has 10 rings (SSSR count). The normalized spacial score (nSPS) is 38.0. The van der Waals surface area contributed by atoms with E-state index in [0.29, 0.717) is 38.5 Å². The second-order valence-corrected chi connectivity index (χ2v) is 15.4. The van der Waals surface area contributed by atoms with Crippen LogP contribution in [0, 0.1) is 127 Å². The third-order valence-electron chi connectivity index (χ3n) is 12.6. The van der Waals surface area contributed by atoms with Gasteiger partial charge in [0, 0.05) is 10.8 Å². The van der Waals surface area contributed by atoms with Crippen LogP contribution in [0.5, 0.6) is 0 Å². The smallest absolute Gasteiger partial charge is 0.200 e. The van der Waals surface area contributed by atoms with Crippen molar-refractivity contribution in [3.63, 3.8) is 0 Å². The van der Waals surface area contributed by atoms with E-state index in [4.69, 9.17) is 0 Å². The van der Waals surface area contributed by atoms with Gasteiger partial charge in [-0.1, -0.05) is 23.7 Å². The van der Waals surface area contributed by atoms with Crippen LogP contribution in [0.15, 0.2) is 0 Å². The molecule has 0 nitrogen and oxygen atoms in total. The molecule has 2 aromatic rings. The number of rotatable bonds is 1. The molecule has 2 aromatic carbocycles. The van der Waals surface area contributed by atoms with Crippen molar-refractivity contribution in [2.45, 2.75) is 77.0 Å². The molecular formula is C36H28F10. The molecule has 8 bridgehead atoms. The Labute approximate surface area is 259 Å². The summed E-state index contributed by atoms with van der Waals surface area (Å²) in [5.74, 6) is -8.43. The van der Waals surface area contributed by atoms with Crippen molar-refractivity contribution < 1.29 is 43.9 Å². The number of halogens is 10. The van der Waals surface area contributed by atoms with Gasteiger partial charge in [-0.3, -0.25) is 0 Å². The van der Waals surface area contributed by atoms with Gasteiger partial charge in [0.1, 0.15) is 11.1 Å². The van der Waals surface area contributed by atoms with Gasteiger partial charge in [0.2, 0.25) is 11.6 Å². The lowest BCUT2D eigenvalue weighted by Gasteiger charge is -2.73. The molecule has 0 heterocycles. The highest BCUT2D eigenvalue weighted by molar-refractivity contribution is 5.42. The molecule has 0 N–H and O–H groups in total. The number of hydrogen-bond donors (Lipinski definition) is 0. The zero-order valence-corrected chi connectivity index (χ0v) is 24.6. The summed E-state index contributed by atoms with van der Waals surface area (Å²) in [5, 5.41) is 0. The predicted octanol–water partition coefficient (Wildman–Crippen LogP) is 9.65. The molecule has 242 valence electrons. The van der Waals surface area contributed by atoms with Gasteiger partial charge >= 0.3 is 0 Å². The minimum absolute atomic E-state index is 0.225. The topological polar surface area (TPSA) is 0 Å². The fourth-order valence-corrected chi connectivity index (χ4v) is 11.9. The maximum atomic E-state index is 14.5. The van der Waals surface area contributed by atoms with Crippen LogP contribution in [-0.4, -0.2) is 0 Å². The van der Waals surface area contributed by atoms with Gasteiger partial charge in [-0.15, -0.1) is 0 Å². The zero-order valence-electron chi connectivity index (χ0n) is 24.6. The van der Waals surface area contributed by atoms with Crippen LogP contribution >= 0.6 is 0 Å². The van der Waals surface area contributed by atoms with Crippen LogP contribution < -0.4 is 0 Å². The minimum Gasteiger partial charge on any atom is -0.202 e. The maximum absolute atomic E-state index is 14.5. The van der Waals surface area contributed by atoms with E-state index in [2.05, 4.69) is 23.7 Å². The van der Waals surface area contributed by atoms with E-state index in [1.54, 1.807) is 0 Å². The Morgan fingerprint density at radius 2 is 0.630 bits per heavy atom. The average Bonchev–Trinajstić information content (AvgIpc) is 2.99. The Hall–Kier alpha value is -3.14. The van der Waals surface area contributed by atoms with E-state index < -0.39 is 80.1 Å². The lowest BCUT2D eigenvalue weighted by atomic mass is 9.31. The van der Waals surface area contributed by atoms with Crippen molar-refractivity contribution >= 4 is 0 Å². The third-order valence-corrected chi connectivity index (χ3v) is 12.6. The van der Waals surface area contributed by atoms with Crippen molar-refractivity contribution in [1.82, 2.24) is 0 Å². The van der Waals surface area contributed by atoms with Crippen molar-refractivity contribution in [3.8, 4) is 23.7 Å². The van der Waals surface area contributed by atoms with E-state index in [1.807, 2.05) is 0 Å². The summed E-state index contributed by atoms with van der Waals surface area (Å²) in [6, 6.07) is 0. The predicted molar refractivity (Wildman–Crippen MR) is 145 cm³/mol. The van der Waals surface area contributed by atoms with Gasteiger partial charge in [0.15, 0.2) is 46.5 Å². The van der Waals surface area contributed by atoms with Crippen LogP contribution in [0.2, 0.25) is 0 Å². The Kier molecular flexibility index (Phi) is 6.37. The molecular weight excluding hydrogens is 622 g/mol. The molecule has 46 heavy (non-hydrogen) atoms. The summed E-state index contributed by atoms with van der Waals surface area (Å²) in [5.41, 5.74) is -4.03. The van der Waals surface area contributed by atoms with Gasteiger partial charge in [0.25, 0.3) is 0 Å². The first-order chi connectivity index (χ1) is 21.7. The molecule has 0 amide bonds. The van der Waals surface area contributed by atoms with Crippen molar-refractivity contribution in [2.24, 2.45) is 45.3 Å². The van der Waals surface area contributed by atoms with Gasteiger partial charge in [-0.05, 0) is 112 Å². The van der Waals surface area contributed by atoms with E-state index >= 15 is 0 Å². The largest absolute Gasteiger partial charge is 0.202 e. The quantitative estimate of drug-likeness (QED) is 0.125. The Morgan fingerprint density at radius 3 is 0.913 bits per heavy atom. The van der Waals surface area contributed by atoms with E-state index in [1.165, 1.54) is 0 Å². The standard InChI is InChI=1S/C36H28F10/c37-23-21(24(38)28(42)31(45)27(23)41)1-3-33-7-17-5-18(8-33)12-35(11-17,15-33)36-13-19-6-20(14-36)10-34(9-19,16-36)4-2-22-25(39)29(43)32(46)30(44)26(22)40/h17-20H,5-16H2. The molecule has 0 aliphatic heterocycles. The first kappa shape index (κ1) is 30.2. The van der Waals surface area contributed by atoms with Crippen LogP contribution in [-0.2, 0) is 0 Å². The monoisotopic (exact) mass is 650 g/mol. The summed E-state index contributed by atoms with van der Waals surface area (Å²) in [6.07, 6.45) is 9.49. The van der Waals surface area contributed by atoms with Crippen LogP contribution in [0.1, 0.15) is 88.2 Å². The SMILES string of the molecule is Fc1c(F)c(F)c(C#CC23CC4CC(C2)CC(C25CC6CC(CC(C#Cc7c(F)c(F)c(F)c(F)c7F)(C6)C2)C5)(C4)C3)c(F)c1F. The third kappa shape index (κ3) is 4.10. The van der Waals surface area contributed by atoms with Crippen LogP contribution in [0.25, 0.3) is 0 Å². The van der Waals surface area contributed by atoms with Gasteiger partial charge < -0.3 is 0 Å². The molecule has 0 radical (unpaired) electrons. The summed E-state index contributed by atoms with van der Waals surface area (Å²) in [6.45, 7) is 0. The molecule has 8 saturated carbocycles. The minimum atomic E-state index is -2.23. The van der Waals surface area contributed by atoms with Crippen molar-refractivity contribution in [1.29, 1.82) is 0 Å². The number of benzene rings is 2. The summed E-state index contributed by atoms with van der Waals surface area (Å²) in [7, 11) is 0. The molecule has 0 saturated heterocycles. The average molecular weight is 651 g/mol. The Morgan fingerprint density at radius 1 is 0.370 bits per heavy atom. The lowest BCUT2D eigenvalue weighted by molar-refractivity contribution is -0.220. The summed E-state index contributed by atoms with van der Waals surface area (Å²) < 4.78 is 141. The van der Waals surface area contributed by atoms with E-state index in [-0.39, 0.29) is 34.5 Å². The van der Waals surface area contributed by atoms with Crippen LogP contribution in [0.3, 0.4) is 0 Å². The van der Waals surface area contributed by atoms with Crippen molar-refractivity contribution in [2.75, 3.05) is 0 Å². The highest BCUT2D eigenvalue weighted by Crippen LogP contribution is 2.78. The highest BCUT2D eigenvalue weighted by Gasteiger charge is 2.69. The molecule has 10 heteroatoms. The van der Waals surface area contributed by atoms with E-state index in [0.717, 1.165) is 38.5 Å². The second-order valence-electron chi connectivity index (χ2n) is 15.4.